The van der Waals surface area contributed by atoms with Gasteiger partial charge in [0.05, 0.1) is 16.8 Å². The van der Waals surface area contributed by atoms with Crippen molar-refractivity contribution in [2.45, 2.75) is 19.4 Å². The average Bonchev–Trinajstić information content (AvgIpc) is 2.30. The van der Waals surface area contributed by atoms with Crippen LogP contribution in [0.1, 0.15) is 25.1 Å². The number of pyridine rings is 1. The van der Waals surface area contributed by atoms with E-state index in [2.05, 4.69) is 17.2 Å². The minimum atomic E-state index is 0.243. The molecule has 2 unspecified atom stereocenters. The van der Waals surface area contributed by atoms with E-state index in [0.717, 1.165) is 18.7 Å². The number of rotatable bonds is 6. The van der Waals surface area contributed by atoms with E-state index < -0.39 is 0 Å². The van der Waals surface area contributed by atoms with Crippen LogP contribution in [-0.2, 0) is 4.74 Å². The van der Waals surface area contributed by atoms with E-state index in [9.17, 15) is 0 Å². The molecule has 0 saturated heterocycles. The lowest BCUT2D eigenvalue weighted by molar-refractivity contribution is 0.171. The van der Waals surface area contributed by atoms with Gasteiger partial charge in [0.2, 0.25) is 0 Å². The molecule has 0 bridgehead atoms. The molecule has 4 heteroatoms. The quantitative estimate of drug-likeness (QED) is 0.833. The van der Waals surface area contributed by atoms with Gasteiger partial charge in [0, 0.05) is 19.9 Å². The number of methoxy groups -OCH3 is 1. The van der Waals surface area contributed by atoms with Gasteiger partial charge < -0.3 is 10.1 Å². The standard InChI is InChI=1S/C12H19ClN2O/c1-9(6-7-16-3)12(14-2)11-5-4-10(13)8-15-11/h4-5,8-9,12,14H,6-7H2,1-3H3. The van der Waals surface area contributed by atoms with Gasteiger partial charge in [-0.1, -0.05) is 18.5 Å². The van der Waals surface area contributed by atoms with Crippen molar-refractivity contribution in [1.82, 2.24) is 10.3 Å². The molecule has 0 aliphatic rings. The first-order valence-corrected chi connectivity index (χ1v) is 5.84. The number of nitrogens with zero attached hydrogens (tertiary/aromatic N) is 1. The van der Waals surface area contributed by atoms with Gasteiger partial charge in [-0.15, -0.1) is 0 Å². The molecule has 0 radical (unpaired) electrons. The Morgan fingerprint density at radius 2 is 2.25 bits per heavy atom. The monoisotopic (exact) mass is 242 g/mol. The van der Waals surface area contributed by atoms with Crippen molar-refractivity contribution in [3.05, 3.63) is 29.0 Å². The molecule has 1 heterocycles. The van der Waals surface area contributed by atoms with Crippen LogP contribution in [-0.4, -0.2) is 25.7 Å². The predicted octanol–water partition coefficient (Wildman–Crippen LogP) is 2.67. The highest BCUT2D eigenvalue weighted by Gasteiger charge is 2.18. The second-order valence-corrected chi connectivity index (χ2v) is 4.36. The second kappa shape index (κ2) is 6.84. The zero-order valence-corrected chi connectivity index (χ0v) is 10.8. The van der Waals surface area contributed by atoms with Crippen LogP contribution < -0.4 is 5.32 Å². The van der Waals surface area contributed by atoms with Gasteiger partial charge in [0.1, 0.15) is 0 Å². The Morgan fingerprint density at radius 1 is 1.50 bits per heavy atom. The normalized spacial score (nSPS) is 14.8. The summed E-state index contributed by atoms with van der Waals surface area (Å²) < 4.78 is 5.09. The van der Waals surface area contributed by atoms with Crippen LogP contribution in [0.2, 0.25) is 5.02 Å². The molecule has 1 N–H and O–H groups in total. The Labute approximate surface area is 102 Å². The summed E-state index contributed by atoms with van der Waals surface area (Å²) >= 11 is 5.82. The largest absolute Gasteiger partial charge is 0.385 e. The van der Waals surface area contributed by atoms with Crippen molar-refractivity contribution >= 4 is 11.6 Å². The molecule has 0 aliphatic heterocycles. The molecular formula is C12H19ClN2O. The SMILES string of the molecule is CNC(c1ccc(Cl)cn1)C(C)CCOC. The molecule has 0 spiro atoms. The maximum absolute atomic E-state index is 5.82. The van der Waals surface area contributed by atoms with Gasteiger partial charge in [-0.2, -0.15) is 0 Å². The Morgan fingerprint density at radius 3 is 2.75 bits per heavy atom. The van der Waals surface area contributed by atoms with Crippen molar-refractivity contribution in [2.24, 2.45) is 5.92 Å². The molecule has 90 valence electrons. The zero-order valence-electron chi connectivity index (χ0n) is 10.0. The summed E-state index contributed by atoms with van der Waals surface area (Å²) in [6, 6.07) is 4.08. The van der Waals surface area contributed by atoms with E-state index in [4.69, 9.17) is 16.3 Å². The zero-order chi connectivity index (χ0) is 12.0. The highest BCUT2D eigenvalue weighted by molar-refractivity contribution is 6.30. The number of hydrogen-bond acceptors (Lipinski definition) is 3. The van der Waals surface area contributed by atoms with E-state index >= 15 is 0 Å². The summed E-state index contributed by atoms with van der Waals surface area (Å²) in [7, 11) is 3.67. The molecule has 16 heavy (non-hydrogen) atoms. The molecule has 1 aromatic rings. The third kappa shape index (κ3) is 3.74. The molecular weight excluding hydrogens is 224 g/mol. The minimum Gasteiger partial charge on any atom is -0.385 e. The Balaban J connectivity index is 2.69. The van der Waals surface area contributed by atoms with Gasteiger partial charge in [0.15, 0.2) is 0 Å². The van der Waals surface area contributed by atoms with Gasteiger partial charge in [-0.05, 0) is 31.5 Å². The number of hydrogen-bond donors (Lipinski definition) is 1. The first-order chi connectivity index (χ1) is 7.69. The third-order valence-corrected chi connectivity index (χ3v) is 2.95. The van der Waals surface area contributed by atoms with Gasteiger partial charge in [-0.25, -0.2) is 0 Å². The number of halogens is 1. The molecule has 0 amide bonds. The second-order valence-electron chi connectivity index (χ2n) is 3.93. The number of aromatic nitrogens is 1. The van der Waals surface area contributed by atoms with Crippen molar-refractivity contribution in [3.63, 3.8) is 0 Å². The molecule has 0 aromatic carbocycles. The van der Waals surface area contributed by atoms with Gasteiger partial charge in [-0.3, -0.25) is 4.98 Å². The summed E-state index contributed by atoms with van der Waals surface area (Å²) in [5, 5.41) is 3.95. The Hall–Kier alpha value is -0.640. The van der Waals surface area contributed by atoms with E-state index in [1.54, 1.807) is 13.3 Å². The summed E-state index contributed by atoms with van der Waals surface area (Å²) in [6.07, 6.45) is 2.69. The maximum Gasteiger partial charge on any atom is 0.0589 e. The summed E-state index contributed by atoms with van der Waals surface area (Å²) in [5.41, 5.74) is 1.02. The summed E-state index contributed by atoms with van der Waals surface area (Å²) in [6.45, 7) is 2.96. The van der Waals surface area contributed by atoms with Crippen LogP contribution in [0.4, 0.5) is 0 Å². The lowest BCUT2D eigenvalue weighted by atomic mass is 9.95. The highest BCUT2D eigenvalue weighted by Crippen LogP contribution is 2.23. The number of nitrogens with one attached hydrogen (secondary N) is 1. The number of ether oxygens (including phenoxy) is 1. The summed E-state index contributed by atoms with van der Waals surface area (Å²) in [4.78, 5) is 4.34. The lowest BCUT2D eigenvalue weighted by Gasteiger charge is -2.22. The fraction of sp³-hybridized carbons (Fsp3) is 0.583. The van der Waals surface area contributed by atoms with Crippen LogP contribution in [0.15, 0.2) is 18.3 Å². The van der Waals surface area contributed by atoms with Crippen molar-refractivity contribution in [1.29, 1.82) is 0 Å². The van der Waals surface area contributed by atoms with Crippen molar-refractivity contribution in [2.75, 3.05) is 20.8 Å². The van der Waals surface area contributed by atoms with Crippen LogP contribution in [0.5, 0.6) is 0 Å². The van der Waals surface area contributed by atoms with E-state index in [1.165, 1.54) is 0 Å². The Bertz CT molecular complexity index is 302. The average molecular weight is 243 g/mol. The predicted molar refractivity (Wildman–Crippen MR) is 66.7 cm³/mol. The summed E-state index contributed by atoms with van der Waals surface area (Å²) in [5.74, 6) is 0.471. The minimum absolute atomic E-state index is 0.243. The first kappa shape index (κ1) is 13.4. The van der Waals surface area contributed by atoms with E-state index in [0.29, 0.717) is 10.9 Å². The van der Waals surface area contributed by atoms with Crippen LogP contribution in [0, 0.1) is 5.92 Å². The molecule has 0 fully saturated rings. The first-order valence-electron chi connectivity index (χ1n) is 5.46. The molecule has 0 saturated carbocycles. The molecule has 1 aromatic heterocycles. The maximum atomic E-state index is 5.82. The highest BCUT2D eigenvalue weighted by atomic mass is 35.5. The van der Waals surface area contributed by atoms with Gasteiger partial charge in [0.25, 0.3) is 0 Å². The van der Waals surface area contributed by atoms with Crippen LogP contribution in [0.3, 0.4) is 0 Å². The fourth-order valence-electron chi connectivity index (χ4n) is 1.77. The smallest absolute Gasteiger partial charge is 0.0589 e. The fourth-order valence-corrected chi connectivity index (χ4v) is 1.88. The van der Waals surface area contributed by atoms with Gasteiger partial charge >= 0.3 is 0 Å². The lowest BCUT2D eigenvalue weighted by Crippen LogP contribution is -2.25. The van der Waals surface area contributed by atoms with E-state index in [-0.39, 0.29) is 6.04 Å². The third-order valence-electron chi connectivity index (χ3n) is 2.73. The molecule has 2 atom stereocenters. The van der Waals surface area contributed by atoms with E-state index in [1.807, 2.05) is 19.2 Å². The van der Waals surface area contributed by atoms with Crippen molar-refractivity contribution in [3.8, 4) is 0 Å². The Kier molecular flexibility index (Phi) is 5.74. The molecule has 3 nitrogen and oxygen atoms in total. The molecule has 1 rings (SSSR count). The molecule has 0 aliphatic carbocycles. The van der Waals surface area contributed by atoms with Crippen molar-refractivity contribution < 1.29 is 4.74 Å². The van der Waals surface area contributed by atoms with Crippen LogP contribution in [0.25, 0.3) is 0 Å². The topological polar surface area (TPSA) is 34.2 Å². The van der Waals surface area contributed by atoms with Crippen LogP contribution >= 0.6 is 11.6 Å².